The van der Waals surface area contributed by atoms with Gasteiger partial charge in [-0.3, -0.25) is 9.59 Å². The summed E-state index contributed by atoms with van der Waals surface area (Å²) in [5, 5.41) is 3.97. The van der Waals surface area contributed by atoms with Crippen LogP contribution in [-0.2, 0) is 4.79 Å². The molecule has 26 heavy (non-hydrogen) atoms. The molecule has 0 spiro atoms. The Morgan fingerprint density at radius 1 is 1.38 bits per heavy atom. The van der Waals surface area contributed by atoms with Crippen molar-refractivity contribution in [1.29, 1.82) is 0 Å². The summed E-state index contributed by atoms with van der Waals surface area (Å²) in [6.07, 6.45) is 2.87. The van der Waals surface area contributed by atoms with Crippen LogP contribution in [0.25, 0.3) is 0 Å². The number of hydrogen-bond acceptors (Lipinski definition) is 5. The van der Waals surface area contributed by atoms with Gasteiger partial charge in [0, 0.05) is 32.6 Å². The maximum atomic E-state index is 13.1. The maximum absolute atomic E-state index is 13.1. The van der Waals surface area contributed by atoms with Crippen LogP contribution in [0.2, 0.25) is 0 Å². The van der Waals surface area contributed by atoms with Crippen LogP contribution >= 0.6 is 11.3 Å². The van der Waals surface area contributed by atoms with Crippen LogP contribution in [0, 0.1) is 18.8 Å². The molecule has 1 saturated carbocycles. The van der Waals surface area contributed by atoms with Crippen molar-refractivity contribution in [3.63, 3.8) is 0 Å². The number of aryl methyl sites for hydroxylation is 1. The summed E-state index contributed by atoms with van der Waals surface area (Å²) in [5.41, 5.74) is 0.766. The van der Waals surface area contributed by atoms with Gasteiger partial charge < -0.3 is 15.1 Å². The summed E-state index contributed by atoms with van der Waals surface area (Å²) in [6.45, 7) is 10.9. The molecule has 144 valence electrons. The second-order valence-electron chi connectivity index (χ2n) is 7.77. The van der Waals surface area contributed by atoms with Crippen LogP contribution in [0.5, 0.6) is 0 Å². The van der Waals surface area contributed by atoms with Gasteiger partial charge in [0.15, 0.2) is 5.13 Å². The highest BCUT2D eigenvalue weighted by atomic mass is 32.1. The van der Waals surface area contributed by atoms with Crippen LogP contribution in [0.3, 0.4) is 0 Å². The smallest absolute Gasteiger partial charge is 0.266 e. The number of carbonyl (C=O) groups excluding carboxylic acids is 2. The molecule has 1 unspecified atom stereocenters. The number of hydrogen-bond donors (Lipinski definition) is 1. The Kier molecular flexibility index (Phi) is 5.85. The largest absolute Gasteiger partial charge is 0.362 e. The molecule has 2 heterocycles. The number of aromatic nitrogens is 1. The molecule has 1 atom stereocenters. The molecule has 1 aromatic rings. The summed E-state index contributed by atoms with van der Waals surface area (Å²) >= 11 is 1.41. The van der Waals surface area contributed by atoms with E-state index in [0.717, 1.165) is 23.9 Å². The zero-order valence-corrected chi connectivity index (χ0v) is 17.1. The number of nitrogens with zero attached hydrogens (tertiary/aromatic N) is 3. The second-order valence-corrected chi connectivity index (χ2v) is 8.76. The fourth-order valence-corrected chi connectivity index (χ4v) is 4.51. The maximum Gasteiger partial charge on any atom is 0.266 e. The monoisotopic (exact) mass is 378 g/mol. The van der Waals surface area contributed by atoms with Gasteiger partial charge >= 0.3 is 0 Å². The molecule has 7 heteroatoms. The molecule has 6 nitrogen and oxygen atoms in total. The first-order valence-electron chi connectivity index (χ1n) is 9.70. The summed E-state index contributed by atoms with van der Waals surface area (Å²) in [6, 6.07) is 0.0935. The Morgan fingerprint density at radius 3 is 2.73 bits per heavy atom. The number of carbonyl (C=O) groups is 2. The quantitative estimate of drug-likeness (QED) is 0.826. The molecule has 0 radical (unpaired) electrons. The zero-order chi connectivity index (χ0) is 18.8. The first-order valence-corrected chi connectivity index (χ1v) is 10.5. The Bertz CT molecular complexity index is 668. The molecule has 3 rings (SSSR count). The van der Waals surface area contributed by atoms with E-state index in [0.29, 0.717) is 36.2 Å². The van der Waals surface area contributed by atoms with E-state index in [1.54, 1.807) is 0 Å². The molecule has 2 amide bonds. The molecular formula is C19H30N4O2S. The molecule has 0 aromatic carbocycles. The van der Waals surface area contributed by atoms with Crippen molar-refractivity contribution >= 4 is 28.3 Å². The van der Waals surface area contributed by atoms with Crippen LogP contribution in [0.1, 0.15) is 55.4 Å². The Labute approximate surface area is 160 Å². The fraction of sp³-hybridized carbons (Fsp3) is 0.737. The first kappa shape index (κ1) is 19.1. The third kappa shape index (κ3) is 4.19. The van der Waals surface area contributed by atoms with Gasteiger partial charge in [-0.25, -0.2) is 4.98 Å². The molecular weight excluding hydrogens is 348 g/mol. The average molecular weight is 379 g/mol. The normalized spacial score (nSPS) is 21.3. The Morgan fingerprint density at radius 2 is 2.12 bits per heavy atom. The lowest BCUT2D eigenvalue weighted by Gasteiger charge is -2.34. The zero-order valence-electron chi connectivity index (χ0n) is 16.2. The molecule has 1 aliphatic carbocycles. The van der Waals surface area contributed by atoms with Crippen molar-refractivity contribution in [1.82, 2.24) is 14.8 Å². The van der Waals surface area contributed by atoms with Gasteiger partial charge in [-0.2, -0.15) is 0 Å². The minimum Gasteiger partial charge on any atom is -0.362 e. The predicted octanol–water partition coefficient (Wildman–Crippen LogP) is 2.99. The minimum atomic E-state index is 0.0101. The van der Waals surface area contributed by atoms with Gasteiger partial charge in [0.25, 0.3) is 5.91 Å². The number of nitrogens with one attached hydrogen (secondary N) is 1. The van der Waals surface area contributed by atoms with E-state index >= 15 is 0 Å². The lowest BCUT2D eigenvalue weighted by atomic mass is 10.0. The number of amides is 2. The van der Waals surface area contributed by atoms with Crippen molar-refractivity contribution in [2.45, 2.75) is 53.0 Å². The topological polar surface area (TPSA) is 65.5 Å². The highest BCUT2D eigenvalue weighted by Gasteiger charge is 2.37. The fourth-order valence-electron chi connectivity index (χ4n) is 3.51. The summed E-state index contributed by atoms with van der Waals surface area (Å²) in [4.78, 5) is 34.9. The van der Waals surface area contributed by atoms with E-state index in [9.17, 15) is 9.59 Å². The van der Waals surface area contributed by atoms with Crippen LogP contribution in [0.15, 0.2) is 0 Å². The molecule has 1 saturated heterocycles. The van der Waals surface area contributed by atoms with E-state index in [2.05, 4.69) is 29.0 Å². The molecule has 2 aliphatic rings. The van der Waals surface area contributed by atoms with Crippen molar-refractivity contribution in [3.8, 4) is 0 Å². The highest BCUT2D eigenvalue weighted by Crippen LogP contribution is 2.32. The van der Waals surface area contributed by atoms with Crippen LogP contribution < -0.4 is 5.32 Å². The van der Waals surface area contributed by atoms with Crippen molar-refractivity contribution in [2.75, 3.05) is 31.5 Å². The van der Waals surface area contributed by atoms with Gasteiger partial charge in [-0.15, -0.1) is 0 Å². The van der Waals surface area contributed by atoms with Crippen molar-refractivity contribution in [2.24, 2.45) is 11.8 Å². The van der Waals surface area contributed by atoms with Gasteiger partial charge in [0.2, 0.25) is 5.91 Å². The second kappa shape index (κ2) is 7.94. The first-order chi connectivity index (χ1) is 12.4. The van der Waals surface area contributed by atoms with E-state index in [-0.39, 0.29) is 17.9 Å². The van der Waals surface area contributed by atoms with E-state index < -0.39 is 0 Å². The van der Waals surface area contributed by atoms with Gasteiger partial charge in [-0.1, -0.05) is 25.2 Å². The average Bonchev–Trinajstić information content (AvgIpc) is 3.36. The van der Waals surface area contributed by atoms with Gasteiger partial charge in [0.05, 0.1) is 11.7 Å². The lowest BCUT2D eigenvalue weighted by molar-refractivity contribution is -0.133. The summed E-state index contributed by atoms with van der Waals surface area (Å²) < 4.78 is 0. The third-order valence-corrected chi connectivity index (χ3v) is 6.35. The van der Waals surface area contributed by atoms with E-state index in [4.69, 9.17) is 0 Å². The molecule has 2 fully saturated rings. The Balaban J connectivity index is 1.79. The third-order valence-electron chi connectivity index (χ3n) is 5.25. The Hall–Kier alpha value is -1.63. The highest BCUT2D eigenvalue weighted by molar-refractivity contribution is 7.17. The number of rotatable bonds is 6. The summed E-state index contributed by atoms with van der Waals surface area (Å²) in [7, 11) is 0. The predicted molar refractivity (Wildman–Crippen MR) is 105 cm³/mol. The minimum absolute atomic E-state index is 0.0101. The summed E-state index contributed by atoms with van der Waals surface area (Å²) in [5.74, 6) is 1.19. The lowest BCUT2D eigenvalue weighted by Crippen LogP contribution is -2.48. The van der Waals surface area contributed by atoms with Crippen molar-refractivity contribution < 1.29 is 9.59 Å². The van der Waals surface area contributed by atoms with E-state index in [1.807, 2.05) is 18.7 Å². The molecule has 1 aromatic heterocycles. The molecule has 1 N–H and O–H groups in total. The van der Waals surface area contributed by atoms with Crippen molar-refractivity contribution in [3.05, 3.63) is 10.6 Å². The number of anilines is 1. The molecule has 0 bridgehead atoms. The van der Waals surface area contributed by atoms with E-state index in [1.165, 1.54) is 24.2 Å². The van der Waals surface area contributed by atoms with Gasteiger partial charge in [0.1, 0.15) is 4.88 Å². The van der Waals surface area contributed by atoms with Crippen LogP contribution in [-0.4, -0.2) is 58.8 Å². The number of thiazole rings is 1. The van der Waals surface area contributed by atoms with Gasteiger partial charge in [-0.05, 0) is 38.5 Å². The SMILES string of the molecule is CCNc1nc(C)c(C(=O)N2CCC(=O)N(CC3CC3)C(C(C)C)C2)s1. The van der Waals surface area contributed by atoms with Crippen LogP contribution in [0.4, 0.5) is 5.13 Å². The molecule has 1 aliphatic heterocycles. The standard InChI is InChI=1S/C19H30N4O2S/c1-5-20-19-21-13(4)17(26-19)18(25)22-9-8-16(24)23(10-14-6-7-14)15(11-22)12(2)3/h12,14-15H,5-11H2,1-4H3,(H,20,21).